The van der Waals surface area contributed by atoms with Gasteiger partial charge in [0.2, 0.25) is 22.9 Å². The lowest BCUT2D eigenvalue weighted by Crippen LogP contribution is -2.34. The van der Waals surface area contributed by atoms with Gasteiger partial charge in [-0.3, -0.25) is 35.1 Å². The number of nitrogens with two attached hydrogens (primary N) is 3. The molecule has 0 bridgehead atoms. The van der Waals surface area contributed by atoms with E-state index in [1.807, 2.05) is 18.6 Å². The van der Waals surface area contributed by atoms with Gasteiger partial charge in [-0.2, -0.15) is 52.7 Å². The average molecular weight is 2190 g/mol. The largest absolute Gasteiger partial charge is 0.490 e. The average Bonchev–Trinajstić information content (AvgIpc) is 1.79. The number of aromatic nitrogens is 6. The van der Waals surface area contributed by atoms with Crippen LogP contribution in [0.2, 0.25) is 0 Å². The van der Waals surface area contributed by atoms with Gasteiger partial charge in [-0.1, -0.05) is 99.0 Å². The molecule has 0 radical (unpaired) electrons. The van der Waals surface area contributed by atoms with E-state index in [1.165, 1.54) is 34.8 Å². The summed E-state index contributed by atoms with van der Waals surface area (Å²) in [7, 11) is 0. The number of thiazole rings is 3. The van der Waals surface area contributed by atoms with E-state index in [0.29, 0.717) is 86.1 Å². The molecule has 8 atom stereocenters. The van der Waals surface area contributed by atoms with Crippen molar-refractivity contribution in [3.63, 3.8) is 0 Å². The number of thioether (sulfide) groups is 3. The van der Waals surface area contributed by atoms with Crippen LogP contribution in [0.15, 0.2) is 152 Å². The Morgan fingerprint density at radius 3 is 1.14 bits per heavy atom. The molecule has 0 aliphatic heterocycles. The summed E-state index contributed by atoms with van der Waals surface area (Å²) >= 11 is 17.6. The topological polar surface area (TPSA) is 413 Å². The minimum Gasteiger partial charge on any atom is -0.490 e. The Labute approximate surface area is 837 Å². The number of allylic oxidation sites excluding steroid dienone is 1. The lowest BCUT2D eigenvalue weighted by Gasteiger charge is -2.30. The number of halogens is 16. The molecule has 4 aromatic carbocycles. The van der Waals surface area contributed by atoms with Gasteiger partial charge in [0, 0.05) is 95.3 Å². The van der Waals surface area contributed by atoms with Crippen LogP contribution in [0.25, 0.3) is 0 Å². The summed E-state index contributed by atoms with van der Waals surface area (Å²) in [6.45, 7) is 21.9. The van der Waals surface area contributed by atoms with Crippen molar-refractivity contribution in [3.8, 4) is 17.2 Å². The number of benzene rings is 4. The van der Waals surface area contributed by atoms with Gasteiger partial charge in [-0.05, 0) is 160 Å². The Bertz CT molecular complexity index is 5590. The maximum Gasteiger partial charge on any atom is 0.420 e. The van der Waals surface area contributed by atoms with Gasteiger partial charge in [-0.25, -0.2) is 34.3 Å². The number of nitro benzene ring substituents is 3. The van der Waals surface area contributed by atoms with Crippen LogP contribution in [0, 0.1) is 36.2 Å². The molecule has 9 N–H and O–H groups in total. The summed E-state index contributed by atoms with van der Waals surface area (Å²) in [5.74, 6) is 4.17. The zero-order valence-electron chi connectivity index (χ0n) is 75.8. The van der Waals surface area contributed by atoms with Gasteiger partial charge >= 0.3 is 24.7 Å². The molecule has 4 aliphatic rings. The first-order valence-electron chi connectivity index (χ1n) is 42.5. The summed E-state index contributed by atoms with van der Waals surface area (Å²) in [6, 6.07) is 10.2. The van der Waals surface area contributed by atoms with Crippen LogP contribution in [0.4, 0.5) is 90.1 Å². The van der Waals surface area contributed by atoms with Gasteiger partial charge in [0.1, 0.15) is 69.8 Å². The number of nitrogen functional groups attached to an aromatic ring is 1. The number of alkyl halides is 12. The van der Waals surface area contributed by atoms with E-state index >= 15 is 0 Å². The number of nitro groups is 3. The van der Waals surface area contributed by atoms with Gasteiger partial charge in [-0.15, -0.1) is 59.0 Å². The van der Waals surface area contributed by atoms with Crippen LogP contribution in [-0.4, -0.2) is 104 Å². The van der Waals surface area contributed by atoms with Crippen molar-refractivity contribution in [1.82, 2.24) is 29.9 Å². The molecular weight excluding hydrogens is 2080 g/mol. The fourth-order valence-electron chi connectivity index (χ4n) is 13.4. The molecule has 28 nitrogen and oxygen atoms in total. The van der Waals surface area contributed by atoms with Crippen molar-refractivity contribution < 1.29 is 109 Å². The molecule has 6 aromatic heterocycles. The number of anilines is 3. The first-order valence-corrected chi connectivity index (χ1v) is 49.0. The highest BCUT2D eigenvalue weighted by Crippen LogP contribution is 2.46. The smallest absolute Gasteiger partial charge is 0.420 e. The van der Waals surface area contributed by atoms with Gasteiger partial charge in [0.25, 0.3) is 17.1 Å². The highest BCUT2D eigenvalue weighted by molar-refractivity contribution is 9.11. The maximum absolute atomic E-state index is 13.5. The first-order chi connectivity index (χ1) is 63.9. The van der Waals surface area contributed by atoms with E-state index in [2.05, 4.69) is 125 Å². The Balaban J connectivity index is 0.000000266. The number of oxazole rings is 3. The molecule has 10 aromatic rings. The minimum atomic E-state index is -4.92. The lowest BCUT2D eigenvalue weighted by atomic mass is 9.93. The van der Waals surface area contributed by atoms with Gasteiger partial charge < -0.3 is 60.4 Å². The van der Waals surface area contributed by atoms with Crippen LogP contribution in [0.5, 0.6) is 17.2 Å². The molecule has 766 valence electrons. The van der Waals surface area contributed by atoms with E-state index in [1.54, 1.807) is 65.2 Å². The molecule has 0 unspecified atom stereocenters. The van der Waals surface area contributed by atoms with Crippen molar-refractivity contribution in [2.75, 3.05) is 16.4 Å². The summed E-state index contributed by atoms with van der Waals surface area (Å²) < 4.78 is 207. The van der Waals surface area contributed by atoms with E-state index in [4.69, 9.17) is 61.4 Å². The third kappa shape index (κ3) is 40.0. The number of nitrogens with one attached hydrogen (secondary N) is 2. The zero-order chi connectivity index (χ0) is 101. The fraction of sp³-hybridized carbons (Fsp3) is 0.494. The predicted octanol–water partition coefficient (Wildman–Crippen LogP) is 27.3. The van der Waals surface area contributed by atoms with Crippen LogP contribution in [-0.2, 0) is 63.0 Å². The third-order valence-electron chi connectivity index (χ3n) is 20.4. The molecule has 139 heavy (non-hydrogen) atoms. The maximum atomic E-state index is 13.5. The van der Waals surface area contributed by atoms with Gasteiger partial charge in [0.05, 0.1) is 99.1 Å². The van der Waals surface area contributed by atoms with Gasteiger partial charge in [0.15, 0.2) is 14.2 Å². The Hall–Kier alpha value is -9.11. The SMILES string of the molecule is C.C=CC(=O)Cl.CC(C)(C)c1cnc(CSc2cnc(Br)s2)o1.CC(C)(C)c1cnc(CSc2cnc(N[C@@H]3CCC[C@@H](Oc4ccc(N)cc4C(F)(F)F)C3)s2)o1.CC(C)(C)c1cnc(CSc2cnc(N[C@@H]3CCC[C@@H](Oc4ccc([N+](=O)[O-])cc4C(F)(F)F)C3)s2)o1.Cl.N[C@@H]1CCC[C@@H](O)C1.N[C@@H]1CCC[C@@H](Oc2ccc([N+](=O)[O-])cc2C(F)(F)F)C1.O=[N+]([O-])c1ccc(F)c(C(F)(F)F)c1. The summed E-state index contributed by atoms with van der Waals surface area (Å²) in [6.07, 6.45) is 4.05. The van der Waals surface area contributed by atoms with E-state index < -0.39 is 108 Å². The molecule has 4 saturated carbocycles. The second-order valence-corrected chi connectivity index (χ2v) is 43.2. The number of aliphatic hydroxyl groups excluding tert-OH is 1. The van der Waals surface area contributed by atoms with Crippen molar-refractivity contribution in [2.24, 2.45) is 11.5 Å². The molecule has 6 heterocycles. The van der Waals surface area contributed by atoms with Crippen LogP contribution in [0.1, 0.15) is 230 Å². The standard InChI is InChI=1S/C24H27F3N4O4S2.C24H29F3N4O2S2.C13H15F3N2O3.C11H13BrN2OS2.C7H3F4NO2.C6H13NO.C3H3ClO.CH4.ClH/c1-23(2,3)19-11-28-20(35-19)13-36-21-12-29-22(37-21)30-14-5-4-6-16(9-14)34-18-8-7-15(31(32)33)10-17(18)24(25,26)27;1-23(2,3)19-11-29-20(33-19)13-34-21-12-30-22(35-21)31-15-5-4-6-16(10-15)32-18-8-7-14(28)9-17(18)24(25,26)27;14-13(15,16)11-7-9(18(19)20)4-5-12(11)21-10-3-1-2-8(17)6-10;1-11(2,3)7-4-13-8(15-7)6-16-9-5-14-10(12)17-9;8-6-2-1-4(12(13)14)3-5(6)7(9,10)11;7-5-2-1-3-6(8)4-5;1-2-3(4)5;;/h7-8,10-12,14,16H,4-6,9,13H2,1-3H3,(H,29,30);7-9,11-12,15-16H,4-6,10,13,28H2,1-3H3,(H,30,31);4-5,7-8,10H,1-3,6,17H2;4-5H,6H2,1-3H3;1-3H;5-6,8H,1-4,7H2;2H,1H2;1H4;1H/t14-,16-;15-,16-;8-,10-;;;5-,6-;;;/m111..1.../s1. The summed E-state index contributed by atoms with van der Waals surface area (Å²) in [5, 5.41) is 48.4. The molecule has 4 fully saturated rings. The fourth-order valence-corrected chi connectivity index (χ4v) is 19.5. The number of ether oxygens (including phenoxy) is 3. The number of aliphatic hydroxyl groups is 1. The summed E-state index contributed by atoms with van der Waals surface area (Å²) in [5.41, 5.74) is 10.0. The van der Waals surface area contributed by atoms with Crippen LogP contribution < -0.4 is 42.0 Å². The van der Waals surface area contributed by atoms with E-state index in [0.717, 1.165) is 156 Å². The first kappa shape index (κ1) is 119. The van der Waals surface area contributed by atoms with E-state index in [-0.39, 0.29) is 95.7 Å². The molecule has 14 rings (SSSR count). The van der Waals surface area contributed by atoms with Crippen molar-refractivity contribution in [1.29, 1.82) is 0 Å². The highest BCUT2D eigenvalue weighted by Gasteiger charge is 2.42. The molecule has 4 aliphatic carbocycles. The number of hydrogen-bond acceptors (Lipinski definition) is 31. The number of nitrogens with zero attached hydrogens (tertiary/aromatic N) is 9. The second kappa shape index (κ2) is 53.3. The van der Waals surface area contributed by atoms with Crippen molar-refractivity contribution in [3.05, 3.63) is 220 Å². The molecule has 0 spiro atoms. The monoisotopic (exact) mass is 2180 g/mol. The third-order valence-corrected chi connectivity index (χ3v) is 27.4. The van der Waals surface area contributed by atoms with Crippen molar-refractivity contribution >= 4 is 147 Å². The summed E-state index contributed by atoms with van der Waals surface area (Å²) in [4.78, 5) is 64.4. The molecule has 0 saturated heterocycles. The molecular formula is C89H108BrCl2F13N14O14S6. The Morgan fingerprint density at radius 1 is 0.504 bits per heavy atom. The normalized spacial score (nSPS) is 18.3. The minimum absolute atomic E-state index is 0. The number of hydrogen-bond donors (Lipinski definition) is 6. The number of carbonyl (C=O) groups excluding carboxylic acids is 1. The Kier molecular flexibility index (Phi) is 45.5. The van der Waals surface area contributed by atoms with E-state index in [9.17, 15) is 92.2 Å². The highest BCUT2D eigenvalue weighted by atomic mass is 79.9. The number of carbonyl (C=O) groups is 1. The number of non-ortho nitro benzene ring substituents is 3. The number of rotatable bonds is 23. The quantitative estimate of drug-likeness (QED) is 0.00659. The molecule has 0 amide bonds. The van der Waals surface area contributed by atoms with Crippen molar-refractivity contribution in [2.45, 2.75) is 292 Å². The van der Waals surface area contributed by atoms with Crippen LogP contribution >= 0.6 is 109 Å². The molecule has 50 heteroatoms. The second-order valence-electron chi connectivity index (χ2n) is 34.7. The Morgan fingerprint density at radius 2 is 0.827 bits per heavy atom. The lowest BCUT2D eigenvalue weighted by molar-refractivity contribution is -0.385. The zero-order valence-corrected chi connectivity index (χ0v) is 83.8. The van der Waals surface area contributed by atoms with Crippen LogP contribution in [0.3, 0.4) is 0 Å². The predicted molar refractivity (Wildman–Crippen MR) is 517 cm³/mol.